The first-order valence-corrected chi connectivity index (χ1v) is 12.2. The Morgan fingerprint density at radius 1 is 1.05 bits per heavy atom. The maximum Gasteiger partial charge on any atom is 0.359 e. The number of aromatic nitrogens is 2. The summed E-state index contributed by atoms with van der Waals surface area (Å²) in [6.07, 6.45) is 1.72. The molecule has 1 aromatic heterocycles. The molecule has 3 aromatic rings. The van der Waals surface area contributed by atoms with Gasteiger partial charge in [0.25, 0.3) is 5.91 Å². The fourth-order valence-corrected chi connectivity index (χ4v) is 4.96. The Kier molecular flexibility index (Phi) is 6.41. The molecule has 10 heteroatoms. The van der Waals surface area contributed by atoms with Crippen molar-refractivity contribution in [2.45, 2.75) is 33.1 Å². The second-order valence-electron chi connectivity index (χ2n) is 8.95. The molecule has 0 radical (unpaired) electrons. The average molecular weight is 507 g/mol. The van der Waals surface area contributed by atoms with E-state index in [2.05, 4.69) is 5.10 Å². The summed E-state index contributed by atoms with van der Waals surface area (Å²) in [5.74, 6) is -1.48. The summed E-state index contributed by atoms with van der Waals surface area (Å²) in [6, 6.07) is 9.77. The van der Waals surface area contributed by atoms with Crippen LogP contribution < -0.4 is 14.5 Å². The van der Waals surface area contributed by atoms with E-state index in [4.69, 9.17) is 9.47 Å². The highest BCUT2D eigenvalue weighted by molar-refractivity contribution is 6.09. The maximum absolute atomic E-state index is 14.5. The van der Waals surface area contributed by atoms with Crippen molar-refractivity contribution in [1.82, 2.24) is 9.78 Å². The molecule has 0 spiro atoms. The van der Waals surface area contributed by atoms with E-state index in [-0.39, 0.29) is 41.2 Å². The van der Waals surface area contributed by atoms with Gasteiger partial charge in [-0.25, -0.2) is 13.9 Å². The third-order valence-corrected chi connectivity index (χ3v) is 6.72. The molecule has 0 aliphatic carbocycles. The quantitative estimate of drug-likeness (QED) is 0.472. The van der Waals surface area contributed by atoms with Crippen molar-refractivity contribution in [3.05, 3.63) is 64.7 Å². The van der Waals surface area contributed by atoms with E-state index in [0.717, 1.165) is 17.7 Å². The number of benzene rings is 2. The summed E-state index contributed by atoms with van der Waals surface area (Å²) in [5, 5.41) is 4.39. The summed E-state index contributed by atoms with van der Waals surface area (Å²) in [7, 11) is 1.36. The monoisotopic (exact) mass is 506 g/mol. The van der Waals surface area contributed by atoms with Crippen LogP contribution >= 0.6 is 0 Å². The number of carbonyl (C=O) groups is 3. The maximum atomic E-state index is 14.5. The van der Waals surface area contributed by atoms with Crippen LogP contribution in [-0.2, 0) is 16.0 Å². The van der Waals surface area contributed by atoms with Crippen molar-refractivity contribution in [2.75, 3.05) is 36.6 Å². The Labute approximate surface area is 213 Å². The van der Waals surface area contributed by atoms with Crippen LogP contribution in [0.2, 0.25) is 0 Å². The first kappa shape index (κ1) is 24.5. The normalized spacial score (nSPS) is 15.2. The van der Waals surface area contributed by atoms with Gasteiger partial charge in [0.1, 0.15) is 5.69 Å². The molecule has 9 nitrogen and oxygen atoms in total. The lowest BCUT2D eigenvalue weighted by Crippen LogP contribution is -2.39. The molecule has 3 heterocycles. The molecule has 2 amide bonds. The van der Waals surface area contributed by atoms with Crippen LogP contribution in [0.1, 0.15) is 51.9 Å². The summed E-state index contributed by atoms with van der Waals surface area (Å²) in [5.41, 5.74) is 3.33. The number of amides is 2. The first-order chi connectivity index (χ1) is 17.8. The van der Waals surface area contributed by atoms with E-state index in [1.54, 1.807) is 22.8 Å². The summed E-state index contributed by atoms with van der Waals surface area (Å²) in [4.78, 5) is 42.1. The molecule has 1 fully saturated rings. The number of nitrogens with zero attached hydrogens (tertiary/aromatic N) is 4. The zero-order valence-electron chi connectivity index (χ0n) is 20.9. The van der Waals surface area contributed by atoms with Gasteiger partial charge in [-0.1, -0.05) is 0 Å². The fraction of sp³-hybridized carbons (Fsp3) is 0.333. The number of hydrogen-bond donors (Lipinski definition) is 0. The van der Waals surface area contributed by atoms with Crippen molar-refractivity contribution in [3.8, 4) is 11.4 Å². The minimum absolute atomic E-state index is 0.0418. The third kappa shape index (κ3) is 4.22. The smallest absolute Gasteiger partial charge is 0.359 e. The number of esters is 1. The van der Waals surface area contributed by atoms with Crippen LogP contribution in [0.25, 0.3) is 5.69 Å². The second-order valence-corrected chi connectivity index (χ2v) is 8.95. The number of fused-ring (bicyclic) bond motifs is 1. The highest BCUT2D eigenvalue weighted by Crippen LogP contribution is 2.33. The zero-order valence-corrected chi connectivity index (χ0v) is 20.9. The van der Waals surface area contributed by atoms with Gasteiger partial charge in [-0.2, -0.15) is 5.10 Å². The fourth-order valence-electron chi connectivity index (χ4n) is 4.96. The highest BCUT2D eigenvalue weighted by atomic mass is 19.1. The molecular weight excluding hydrogens is 479 g/mol. The van der Waals surface area contributed by atoms with Crippen LogP contribution in [0.5, 0.6) is 5.75 Å². The molecular formula is C27H27FN4O5. The standard InChI is InChI=1S/C27H27FN4O5/c1-4-37-27(35)24-19-11-13-30(17-7-9-21(16(2)14-17)31-12-5-6-23(31)33)26(34)25(19)32(29-24)18-8-10-22(36-3)20(28)15-18/h7-10,14-15H,4-6,11-13H2,1-3H3. The molecule has 192 valence electrons. The molecule has 37 heavy (non-hydrogen) atoms. The van der Waals surface area contributed by atoms with Gasteiger partial charge in [0, 0.05) is 42.5 Å². The number of ether oxygens (including phenoxy) is 2. The van der Waals surface area contributed by atoms with Gasteiger partial charge >= 0.3 is 5.97 Å². The van der Waals surface area contributed by atoms with E-state index < -0.39 is 11.8 Å². The van der Waals surface area contributed by atoms with E-state index in [1.807, 2.05) is 25.1 Å². The van der Waals surface area contributed by atoms with Crippen LogP contribution in [0.15, 0.2) is 36.4 Å². The second kappa shape index (κ2) is 9.68. The van der Waals surface area contributed by atoms with Gasteiger partial charge in [-0.15, -0.1) is 0 Å². The Bertz CT molecular complexity index is 1420. The molecule has 0 saturated carbocycles. The Hall–Kier alpha value is -4.21. The number of carbonyl (C=O) groups excluding carboxylic acids is 3. The molecule has 0 atom stereocenters. The molecule has 0 N–H and O–H groups in total. The number of rotatable bonds is 6. The van der Waals surface area contributed by atoms with E-state index in [1.165, 1.54) is 23.9 Å². The van der Waals surface area contributed by atoms with Gasteiger partial charge in [0.15, 0.2) is 17.3 Å². The summed E-state index contributed by atoms with van der Waals surface area (Å²) < 4.78 is 26.0. The summed E-state index contributed by atoms with van der Waals surface area (Å²) >= 11 is 0. The lowest BCUT2D eigenvalue weighted by atomic mass is 10.0. The minimum atomic E-state index is -0.636. The van der Waals surface area contributed by atoms with Gasteiger partial charge in [0.2, 0.25) is 5.91 Å². The predicted octanol–water partition coefficient (Wildman–Crippen LogP) is 3.83. The van der Waals surface area contributed by atoms with E-state index >= 15 is 0 Å². The average Bonchev–Trinajstić information content (AvgIpc) is 3.48. The van der Waals surface area contributed by atoms with Crippen LogP contribution in [0.3, 0.4) is 0 Å². The van der Waals surface area contributed by atoms with Crippen molar-refractivity contribution < 1.29 is 28.2 Å². The van der Waals surface area contributed by atoms with E-state index in [0.29, 0.717) is 37.2 Å². The SMILES string of the molecule is CCOC(=O)c1nn(-c2ccc(OC)c(F)c2)c2c1CCN(c1ccc(N3CCCC3=O)c(C)c1)C2=O. The summed E-state index contributed by atoms with van der Waals surface area (Å²) in [6.45, 7) is 4.76. The Morgan fingerprint density at radius 2 is 1.84 bits per heavy atom. The largest absolute Gasteiger partial charge is 0.494 e. The lowest BCUT2D eigenvalue weighted by molar-refractivity contribution is -0.117. The van der Waals surface area contributed by atoms with Gasteiger partial charge in [-0.05, 0) is 62.6 Å². The van der Waals surface area contributed by atoms with Crippen molar-refractivity contribution >= 4 is 29.2 Å². The molecule has 2 aliphatic heterocycles. The van der Waals surface area contributed by atoms with Gasteiger partial charge in [-0.3, -0.25) is 9.59 Å². The highest BCUT2D eigenvalue weighted by Gasteiger charge is 2.36. The van der Waals surface area contributed by atoms with Gasteiger partial charge in [0.05, 0.1) is 19.4 Å². The van der Waals surface area contributed by atoms with Crippen LogP contribution in [-0.4, -0.2) is 54.4 Å². The minimum Gasteiger partial charge on any atom is -0.494 e. The zero-order chi connectivity index (χ0) is 26.3. The lowest BCUT2D eigenvalue weighted by Gasteiger charge is -2.29. The van der Waals surface area contributed by atoms with Crippen molar-refractivity contribution in [1.29, 1.82) is 0 Å². The van der Waals surface area contributed by atoms with Crippen molar-refractivity contribution in [2.24, 2.45) is 0 Å². The molecule has 2 aromatic carbocycles. The first-order valence-electron chi connectivity index (χ1n) is 12.2. The predicted molar refractivity (Wildman–Crippen MR) is 134 cm³/mol. The number of halogens is 1. The number of aryl methyl sites for hydroxylation is 1. The molecule has 5 rings (SSSR count). The molecule has 0 unspecified atom stereocenters. The van der Waals surface area contributed by atoms with Crippen LogP contribution in [0, 0.1) is 12.7 Å². The molecule has 0 bridgehead atoms. The number of hydrogen-bond acceptors (Lipinski definition) is 6. The van der Waals surface area contributed by atoms with Gasteiger partial charge < -0.3 is 19.3 Å². The Balaban J connectivity index is 1.56. The topological polar surface area (TPSA) is 94.0 Å². The third-order valence-electron chi connectivity index (χ3n) is 6.72. The van der Waals surface area contributed by atoms with Crippen LogP contribution in [0.4, 0.5) is 15.8 Å². The number of anilines is 2. The number of methoxy groups -OCH3 is 1. The van der Waals surface area contributed by atoms with E-state index in [9.17, 15) is 18.8 Å². The Morgan fingerprint density at radius 3 is 2.49 bits per heavy atom. The van der Waals surface area contributed by atoms with Crippen molar-refractivity contribution in [3.63, 3.8) is 0 Å². The molecule has 1 saturated heterocycles. The molecule has 2 aliphatic rings.